The maximum atomic E-state index is 10.6. The summed E-state index contributed by atoms with van der Waals surface area (Å²) in [5.41, 5.74) is 0.600. The van der Waals surface area contributed by atoms with Crippen LogP contribution in [0.3, 0.4) is 0 Å². The number of allylic oxidation sites excluding steroid dienone is 4. The van der Waals surface area contributed by atoms with E-state index in [2.05, 4.69) is 19.9 Å². The topological polar surface area (TPSA) is 17.1 Å². The minimum Gasteiger partial charge on any atom is -0.295 e. The van der Waals surface area contributed by atoms with E-state index in [4.69, 9.17) is 0 Å². The predicted octanol–water partition coefficient (Wildman–Crippen LogP) is 3.51. The van der Waals surface area contributed by atoms with E-state index in [1.54, 1.807) is 13.0 Å². The Bertz CT molecular complexity index is 258. The molecule has 1 aliphatic carbocycles. The molecule has 1 rings (SSSR count). The molecule has 1 unspecified atom stereocenters. The molecule has 0 saturated heterocycles. The molecule has 0 aromatic carbocycles. The Hall–Kier alpha value is -0.850. The predicted molar refractivity (Wildman–Crippen MR) is 60.1 cm³/mol. The second-order valence-corrected chi connectivity index (χ2v) is 4.86. The average Bonchev–Trinajstić information content (AvgIpc) is 2.66. The van der Waals surface area contributed by atoms with Crippen molar-refractivity contribution in [3.05, 3.63) is 24.3 Å². The van der Waals surface area contributed by atoms with Gasteiger partial charge >= 0.3 is 0 Å². The van der Waals surface area contributed by atoms with Crippen molar-refractivity contribution in [1.82, 2.24) is 0 Å². The summed E-state index contributed by atoms with van der Waals surface area (Å²) in [6.45, 7) is 6.23. The molecule has 1 nitrogen and oxygen atoms in total. The molecule has 14 heavy (non-hydrogen) atoms. The molecule has 0 radical (unpaired) electrons. The van der Waals surface area contributed by atoms with Crippen LogP contribution >= 0.6 is 0 Å². The van der Waals surface area contributed by atoms with E-state index in [1.807, 2.05) is 12.2 Å². The van der Waals surface area contributed by atoms with Crippen LogP contribution in [0.1, 0.15) is 40.0 Å². The van der Waals surface area contributed by atoms with E-state index in [1.165, 1.54) is 12.8 Å². The molecule has 1 atom stereocenters. The Labute approximate surface area is 86.9 Å². The van der Waals surface area contributed by atoms with Crippen LogP contribution in [0.5, 0.6) is 0 Å². The van der Waals surface area contributed by atoms with E-state index in [0.29, 0.717) is 5.41 Å². The lowest BCUT2D eigenvalue weighted by Gasteiger charge is -1.99. The number of carbonyl (C=O) groups is 1. The van der Waals surface area contributed by atoms with Gasteiger partial charge in [0.25, 0.3) is 0 Å². The van der Waals surface area contributed by atoms with Gasteiger partial charge in [-0.15, -0.1) is 0 Å². The lowest BCUT2D eigenvalue weighted by molar-refractivity contribution is -0.112. The van der Waals surface area contributed by atoms with E-state index < -0.39 is 0 Å². The Balaban J connectivity index is 2.07. The van der Waals surface area contributed by atoms with Gasteiger partial charge in [0, 0.05) is 0 Å². The first-order chi connectivity index (χ1) is 6.52. The molecule has 1 fully saturated rings. The van der Waals surface area contributed by atoms with E-state index in [9.17, 15) is 4.79 Å². The van der Waals surface area contributed by atoms with Crippen LogP contribution in [0.15, 0.2) is 24.3 Å². The molecule has 1 aliphatic rings. The van der Waals surface area contributed by atoms with Crippen LogP contribution in [-0.4, -0.2) is 5.78 Å². The average molecular weight is 192 g/mol. The van der Waals surface area contributed by atoms with Gasteiger partial charge in [0.15, 0.2) is 5.78 Å². The Morgan fingerprint density at radius 2 is 2.07 bits per heavy atom. The SMILES string of the molecule is CC(=O)/C=C/C=C/CCC1CC1(C)C. The number of hydrogen-bond acceptors (Lipinski definition) is 1. The molecule has 0 amide bonds. The Morgan fingerprint density at radius 1 is 1.43 bits per heavy atom. The smallest absolute Gasteiger partial charge is 0.152 e. The van der Waals surface area contributed by atoms with Crippen LogP contribution < -0.4 is 0 Å². The minimum atomic E-state index is 0.109. The fraction of sp³-hybridized carbons (Fsp3) is 0.615. The summed E-state index contributed by atoms with van der Waals surface area (Å²) in [4.78, 5) is 10.6. The van der Waals surface area contributed by atoms with Gasteiger partial charge < -0.3 is 0 Å². The summed E-state index contributed by atoms with van der Waals surface area (Å²) >= 11 is 0. The number of hydrogen-bond donors (Lipinski definition) is 0. The van der Waals surface area contributed by atoms with E-state index in [-0.39, 0.29) is 5.78 Å². The summed E-state index contributed by atoms with van der Waals surface area (Å²) in [6, 6.07) is 0. The lowest BCUT2D eigenvalue weighted by Crippen LogP contribution is -1.88. The van der Waals surface area contributed by atoms with Gasteiger partial charge in [-0.05, 0) is 43.6 Å². The quantitative estimate of drug-likeness (QED) is 0.481. The maximum Gasteiger partial charge on any atom is 0.152 e. The van der Waals surface area contributed by atoms with Crippen molar-refractivity contribution in [3.63, 3.8) is 0 Å². The standard InChI is InChI=1S/C13H20O/c1-11(14)8-6-4-5-7-9-12-10-13(12,2)3/h4-6,8,12H,7,9-10H2,1-3H3/b5-4+,8-6+. The van der Waals surface area contributed by atoms with Gasteiger partial charge in [-0.1, -0.05) is 32.1 Å². The van der Waals surface area contributed by atoms with Crippen molar-refractivity contribution in [3.8, 4) is 0 Å². The summed E-state index contributed by atoms with van der Waals surface area (Å²) in [7, 11) is 0. The second kappa shape index (κ2) is 4.59. The van der Waals surface area contributed by atoms with Crippen molar-refractivity contribution < 1.29 is 4.79 Å². The second-order valence-electron chi connectivity index (χ2n) is 4.86. The van der Waals surface area contributed by atoms with Crippen molar-refractivity contribution in [1.29, 1.82) is 0 Å². The van der Waals surface area contributed by atoms with Gasteiger partial charge in [0.2, 0.25) is 0 Å². The maximum absolute atomic E-state index is 10.6. The summed E-state index contributed by atoms with van der Waals surface area (Å²) in [5.74, 6) is 1.03. The summed E-state index contributed by atoms with van der Waals surface area (Å²) < 4.78 is 0. The lowest BCUT2D eigenvalue weighted by atomic mass is 10.1. The molecule has 0 aromatic heterocycles. The Kier molecular flexibility index (Phi) is 3.68. The zero-order chi connectivity index (χ0) is 10.6. The highest BCUT2D eigenvalue weighted by Gasteiger charge is 2.44. The fourth-order valence-electron chi connectivity index (χ4n) is 1.73. The van der Waals surface area contributed by atoms with Crippen molar-refractivity contribution in [2.45, 2.75) is 40.0 Å². The van der Waals surface area contributed by atoms with E-state index >= 15 is 0 Å². The van der Waals surface area contributed by atoms with Crippen LogP contribution in [0, 0.1) is 11.3 Å². The molecular weight excluding hydrogens is 172 g/mol. The number of rotatable bonds is 5. The van der Waals surface area contributed by atoms with Crippen LogP contribution in [-0.2, 0) is 4.79 Å². The highest BCUT2D eigenvalue weighted by Crippen LogP contribution is 2.54. The molecule has 0 bridgehead atoms. The van der Waals surface area contributed by atoms with Crippen LogP contribution in [0.25, 0.3) is 0 Å². The van der Waals surface area contributed by atoms with Gasteiger partial charge in [0.1, 0.15) is 0 Å². The van der Waals surface area contributed by atoms with Crippen LogP contribution in [0.4, 0.5) is 0 Å². The fourth-order valence-corrected chi connectivity index (χ4v) is 1.73. The summed E-state index contributed by atoms with van der Waals surface area (Å²) in [5, 5.41) is 0. The van der Waals surface area contributed by atoms with Crippen molar-refractivity contribution in [2.24, 2.45) is 11.3 Å². The molecule has 0 heterocycles. The molecule has 0 aromatic rings. The first-order valence-electron chi connectivity index (χ1n) is 5.36. The molecule has 1 heteroatoms. The van der Waals surface area contributed by atoms with Crippen molar-refractivity contribution in [2.75, 3.05) is 0 Å². The number of carbonyl (C=O) groups excluding carboxylic acids is 1. The summed E-state index contributed by atoms with van der Waals surface area (Å²) in [6.07, 6.45) is 11.3. The molecule has 1 saturated carbocycles. The molecule has 0 N–H and O–H groups in total. The Morgan fingerprint density at radius 3 is 2.57 bits per heavy atom. The highest BCUT2D eigenvalue weighted by molar-refractivity contribution is 5.87. The molecule has 0 aliphatic heterocycles. The third kappa shape index (κ3) is 3.91. The zero-order valence-electron chi connectivity index (χ0n) is 9.42. The first-order valence-corrected chi connectivity index (χ1v) is 5.36. The zero-order valence-corrected chi connectivity index (χ0v) is 9.42. The van der Waals surface area contributed by atoms with Gasteiger partial charge in [0.05, 0.1) is 0 Å². The molecule has 0 spiro atoms. The third-order valence-corrected chi connectivity index (χ3v) is 2.98. The third-order valence-electron chi connectivity index (χ3n) is 2.98. The normalized spacial score (nSPS) is 24.6. The highest BCUT2D eigenvalue weighted by atomic mass is 16.1. The van der Waals surface area contributed by atoms with Crippen molar-refractivity contribution >= 4 is 5.78 Å². The molecular formula is C13H20O. The van der Waals surface area contributed by atoms with Gasteiger partial charge in [-0.25, -0.2) is 0 Å². The molecule has 78 valence electrons. The largest absolute Gasteiger partial charge is 0.295 e. The van der Waals surface area contributed by atoms with E-state index in [0.717, 1.165) is 12.3 Å². The van der Waals surface area contributed by atoms with Gasteiger partial charge in [-0.3, -0.25) is 4.79 Å². The first kappa shape index (κ1) is 11.2. The van der Waals surface area contributed by atoms with Gasteiger partial charge in [-0.2, -0.15) is 0 Å². The number of ketones is 1. The monoisotopic (exact) mass is 192 g/mol. The van der Waals surface area contributed by atoms with Crippen LogP contribution in [0.2, 0.25) is 0 Å². The minimum absolute atomic E-state index is 0.109.